The maximum atomic E-state index is 12.8. The summed E-state index contributed by atoms with van der Waals surface area (Å²) in [5, 5.41) is 33.0. The monoisotopic (exact) mass is 350 g/mol. The van der Waals surface area contributed by atoms with E-state index >= 15 is 0 Å². The van der Waals surface area contributed by atoms with Gasteiger partial charge in [-0.1, -0.05) is 27.7 Å². The van der Waals surface area contributed by atoms with E-state index in [0.29, 0.717) is 25.7 Å². The molecule has 0 aromatic carbocycles. The number of ketones is 1. The molecule has 1 heterocycles. The topological polar surface area (TPSA) is 90.9 Å². The van der Waals surface area contributed by atoms with Crippen LogP contribution in [0.1, 0.15) is 52.5 Å². The molecule has 5 nitrogen and oxygen atoms in total. The highest BCUT2D eigenvalue weighted by Gasteiger charge is 2.68. The molecule has 140 valence electrons. The Bertz CT molecular complexity index is 637. The molecule has 6 atom stereocenters. The summed E-state index contributed by atoms with van der Waals surface area (Å²) >= 11 is 0. The third-order valence-electron chi connectivity index (χ3n) is 7.40. The SMILES string of the molecule is C[C@@H]1C(=O)[C@@H](O)[C@H]2C(C)(C)[C@H](O)CC[C@]2(C)[C@@]1(O)CCc1ccoc1. The molecule has 1 aromatic rings. The Morgan fingerprint density at radius 1 is 1.28 bits per heavy atom. The van der Waals surface area contributed by atoms with Gasteiger partial charge in [0.1, 0.15) is 6.10 Å². The Hall–Kier alpha value is -1.17. The molecule has 0 bridgehead atoms. The first kappa shape index (κ1) is 18.6. The maximum Gasteiger partial charge on any atom is 0.167 e. The number of carbonyl (C=O) groups excluding carboxylic acids is 1. The van der Waals surface area contributed by atoms with Crippen molar-refractivity contribution in [3.63, 3.8) is 0 Å². The second-order valence-electron chi connectivity index (χ2n) is 8.90. The summed E-state index contributed by atoms with van der Waals surface area (Å²) in [6.45, 7) is 7.48. The molecule has 2 fully saturated rings. The molecule has 0 saturated heterocycles. The third kappa shape index (κ3) is 2.51. The third-order valence-corrected chi connectivity index (χ3v) is 7.40. The van der Waals surface area contributed by atoms with Crippen LogP contribution in [0.15, 0.2) is 23.0 Å². The van der Waals surface area contributed by atoms with Crippen molar-refractivity contribution in [3.05, 3.63) is 24.2 Å². The van der Waals surface area contributed by atoms with Crippen molar-refractivity contribution in [2.45, 2.75) is 71.2 Å². The molecule has 1 aromatic heterocycles. The summed E-state index contributed by atoms with van der Waals surface area (Å²) in [7, 11) is 0. The second kappa shape index (κ2) is 5.93. The van der Waals surface area contributed by atoms with E-state index < -0.39 is 40.5 Å². The van der Waals surface area contributed by atoms with Crippen LogP contribution in [0.5, 0.6) is 0 Å². The van der Waals surface area contributed by atoms with Crippen molar-refractivity contribution in [1.82, 2.24) is 0 Å². The molecule has 0 radical (unpaired) electrons. The van der Waals surface area contributed by atoms with Gasteiger partial charge in [0.2, 0.25) is 0 Å². The number of rotatable bonds is 3. The largest absolute Gasteiger partial charge is 0.472 e. The summed E-state index contributed by atoms with van der Waals surface area (Å²) in [4.78, 5) is 12.8. The summed E-state index contributed by atoms with van der Waals surface area (Å²) in [6, 6.07) is 1.86. The van der Waals surface area contributed by atoms with Crippen molar-refractivity contribution in [3.8, 4) is 0 Å². The van der Waals surface area contributed by atoms with Gasteiger partial charge in [-0.15, -0.1) is 0 Å². The zero-order chi connectivity index (χ0) is 18.6. The minimum Gasteiger partial charge on any atom is -0.472 e. The van der Waals surface area contributed by atoms with Gasteiger partial charge in [0.05, 0.1) is 24.2 Å². The van der Waals surface area contributed by atoms with Crippen LogP contribution in [0, 0.1) is 22.7 Å². The first-order valence-electron chi connectivity index (χ1n) is 9.19. The fourth-order valence-electron chi connectivity index (χ4n) is 5.66. The molecule has 3 N–H and O–H groups in total. The zero-order valence-electron chi connectivity index (χ0n) is 15.5. The van der Waals surface area contributed by atoms with Crippen molar-refractivity contribution in [2.75, 3.05) is 0 Å². The maximum absolute atomic E-state index is 12.8. The summed E-state index contributed by atoms with van der Waals surface area (Å²) in [6.07, 6.45) is 3.67. The fourth-order valence-corrected chi connectivity index (χ4v) is 5.66. The predicted molar refractivity (Wildman–Crippen MR) is 92.8 cm³/mol. The Morgan fingerprint density at radius 2 is 1.96 bits per heavy atom. The van der Waals surface area contributed by atoms with E-state index in [-0.39, 0.29) is 5.78 Å². The molecule has 0 amide bonds. The standard InChI is InChI=1S/C20H30O5/c1-12-15(22)16(23)17-18(2,3)14(21)6-8-19(17,4)20(12,24)9-5-13-7-10-25-11-13/h7,10-12,14,16-17,21,23-24H,5-6,8-9H2,1-4H3/t12-,14-,16-,17+,19+,20-/m1/s1. The van der Waals surface area contributed by atoms with Crippen LogP contribution in [-0.4, -0.2) is 38.9 Å². The van der Waals surface area contributed by atoms with Gasteiger partial charge >= 0.3 is 0 Å². The summed E-state index contributed by atoms with van der Waals surface area (Å²) in [5.41, 5.74) is -1.55. The van der Waals surface area contributed by atoms with Gasteiger partial charge in [-0.3, -0.25) is 4.79 Å². The Balaban J connectivity index is 2.02. The number of aliphatic hydroxyl groups excluding tert-OH is 2. The molecule has 3 rings (SSSR count). The van der Waals surface area contributed by atoms with E-state index in [4.69, 9.17) is 4.42 Å². The van der Waals surface area contributed by atoms with Gasteiger partial charge in [-0.05, 0) is 42.7 Å². The van der Waals surface area contributed by atoms with Crippen molar-refractivity contribution in [2.24, 2.45) is 22.7 Å². The highest BCUT2D eigenvalue weighted by atomic mass is 16.3. The molecule has 2 aliphatic carbocycles. The van der Waals surface area contributed by atoms with E-state index in [1.165, 1.54) is 0 Å². The molecule has 25 heavy (non-hydrogen) atoms. The molecule has 0 unspecified atom stereocenters. The van der Waals surface area contributed by atoms with Crippen molar-refractivity contribution in [1.29, 1.82) is 0 Å². The van der Waals surface area contributed by atoms with E-state index in [1.54, 1.807) is 19.5 Å². The van der Waals surface area contributed by atoms with Crippen LogP contribution in [-0.2, 0) is 11.2 Å². The highest BCUT2D eigenvalue weighted by molar-refractivity contribution is 5.88. The van der Waals surface area contributed by atoms with Crippen molar-refractivity contribution >= 4 is 5.78 Å². The lowest BCUT2D eigenvalue weighted by atomic mass is 9.42. The normalized spacial score (nSPS) is 43.7. The quantitative estimate of drug-likeness (QED) is 0.778. The number of aliphatic hydroxyl groups is 3. The molecular weight excluding hydrogens is 320 g/mol. The van der Waals surface area contributed by atoms with Gasteiger partial charge in [-0.2, -0.15) is 0 Å². The molecule has 0 spiro atoms. The average molecular weight is 350 g/mol. The van der Waals surface area contributed by atoms with Crippen LogP contribution in [0.25, 0.3) is 0 Å². The molecule has 2 saturated carbocycles. The Kier molecular flexibility index (Phi) is 4.42. The van der Waals surface area contributed by atoms with Crippen LogP contribution in [0.3, 0.4) is 0 Å². The number of hydrogen-bond acceptors (Lipinski definition) is 5. The average Bonchev–Trinajstić information content (AvgIpc) is 3.07. The van der Waals surface area contributed by atoms with Gasteiger partial charge in [0.25, 0.3) is 0 Å². The predicted octanol–water partition coefficient (Wildman–Crippen LogP) is 2.33. The molecule has 2 aliphatic rings. The number of fused-ring (bicyclic) bond motifs is 1. The van der Waals surface area contributed by atoms with Crippen LogP contribution in [0.4, 0.5) is 0 Å². The van der Waals surface area contributed by atoms with Crippen LogP contribution < -0.4 is 0 Å². The Morgan fingerprint density at radius 3 is 2.56 bits per heavy atom. The number of furan rings is 1. The lowest BCUT2D eigenvalue weighted by Gasteiger charge is -2.64. The lowest BCUT2D eigenvalue weighted by Crippen LogP contribution is -2.71. The van der Waals surface area contributed by atoms with Gasteiger partial charge in [0.15, 0.2) is 5.78 Å². The highest BCUT2D eigenvalue weighted by Crippen LogP contribution is 2.62. The number of carbonyl (C=O) groups is 1. The molecular formula is C20H30O5. The number of Topliss-reactive ketones (excluding diaryl/α,β-unsaturated/α-hetero) is 1. The fraction of sp³-hybridized carbons (Fsp3) is 0.750. The smallest absolute Gasteiger partial charge is 0.167 e. The van der Waals surface area contributed by atoms with E-state index in [1.807, 2.05) is 26.8 Å². The molecule has 0 aliphatic heterocycles. The first-order valence-corrected chi connectivity index (χ1v) is 9.19. The van der Waals surface area contributed by atoms with Crippen molar-refractivity contribution < 1.29 is 24.5 Å². The second-order valence-corrected chi connectivity index (χ2v) is 8.90. The van der Waals surface area contributed by atoms with Gasteiger partial charge in [-0.25, -0.2) is 0 Å². The summed E-state index contributed by atoms with van der Waals surface area (Å²) in [5.74, 6) is -1.46. The van der Waals surface area contributed by atoms with Crippen LogP contribution in [0.2, 0.25) is 0 Å². The Labute approximate surface area is 149 Å². The lowest BCUT2D eigenvalue weighted by molar-refractivity contribution is -0.249. The minimum atomic E-state index is -1.23. The van der Waals surface area contributed by atoms with Gasteiger partial charge in [0, 0.05) is 17.3 Å². The van der Waals surface area contributed by atoms with E-state index in [2.05, 4.69) is 0 Å². The van der Waals surface area contributed by atoms with Crippen LogP contribution >= 0.6 is 0 Å². The van der Waals surface area contributed by atoms with Gasteiger partial charge < -0.3 is 19.7 Å². The number of aryl methyl sites for hydroxylation is 1. The van der Waals surface area contributed by atoms with E-state index in [9.17, 15) is 20.1 Å². The summed E-state index contributed by atoms with van der Waals surface area (Å²) < 4.78 is 5.11. The molecule has 5 heteroatoms. The zero-order valence-corrected chi connectivity index (χ0v) is 15.5. The first-order chi connectivity index (χ1) is 11.6. The minimum absolute atomic E-state index is 0.320. The van der Waals surface area contributed by atoms with E-state index in [0.717, 1.165) is 5.56 Å². The number of hydrogen-bond donors (Lipinski definition) is 3.